The van der Waals surface area contributed by atoms with Crippen molar-refractivity contribution in [3.8, 4) is 0 Å². The zero-order valence-corrected chi connectivity index (χ0v) is 12.3. The van der Waals surface area contributed by atoms with E-state index in [4.69, 9.17) is 0 Å². The van der Waals surface area contributed by atoms with Crippen LogP contribution in [0.1, 0.15) is 25.7 Å². The number of hydroxylamine groups is 6. The maximum absolute atomic E-state index is 10.1. The Balaban J connectivity index is 1.55. The Bertz CT molecular complexity index is 311. The van der Waals surface area contributed by atoms with E-state index in [1.54, 1.807) is 12.4 Å². The highest BCUT2D eigenvalue weighted by molar-refractivity contribution is 6.15. The lowest BCUT2D eigenvalue weighted by molar-refractivity contribution is -1.09. The summed E-state index contributed by atoms with van der Waals surface area (Å²) in [6, 6.07) is 0. The summed E-state index contributed by atoms with van der Waals surface area (Å²) in [4.78, 5) is 8.50. The number of hydrogen-bond donors (Lipinski definition) is 2. The lowest BCUT2D eigenvalue weighted by Crippen LogP contribution is -2.43. The van der Waals surface area contributed by atoms with E-state index in [2.05, 4.69) is 9.98 Å². The molecule has 2 heterocycles. The summed E-state index contributed by atoms with van der Waals surface area (Å²) in [6.45, 7) is 6.12. The normalized spacial score (nSPS) is 25.1. The molecule has 0 radical (unpaired) electrons. The largest absolute Gasteiger partial charge is 0.286 e. The van der Waals surface area contributed by atoms with Crippen LogP contribution in [0.2, 0.25) is 0 Å². The molecule has 2 aliphatic heterocycles. The quantitative estimate of drug-likeness (QED) is 0.543. The van der Waals surface area contributed by atoms with Crippen LogP contribution in [0.4, 0.5) is 0 Å². The van der Waals surface area contributed by atoms with Crippen molar-refractivity contribution in [2.45, 2.75) is 25.7 Å². The van der Waals surface area contributed by atoms with Crippen molar-refractivity contribution < 1.29 is 19.7 Å². The number of hydrogen-bond acceptors (Lipinski definition) is 4. The van der Waals surface area contributed by atoms with Crippen LogP contribution in [0.3, 0.4) is 0 Å². The van der Waals surface area contributed by atoms with Gasteiger partial charge in [0.15, 0.2) is 0 Å². The lowest BCUT2D eigenvalue weighted by atomic mass is 10.4. The van der Waals surface area contributed by atoms with Gasteiger partial charge in [0.05, 0.1) is 13.1 Å². The number of likely N-dealkylation sites (tertiary alicyclic amines) is 2. The van der Waals surface area contributed by atoms with Gasteiger partial charge in [0.1, 0.15) is 39.3 Å². The van der Waals surface area contributed by atoms with Crippen LogP contribution >= 0.6 is 0 Å². The van der Waals surface area contributed by atoms with Crippen molar-refractivity contribution in [2.24, 2.45) is 9.98 Å². The molecule has 6 heteroatoms. The maximum atomic E-state index is 10.1. The molecule has 20 heavy (non-hydrogen) atoms. The molecule has 6 nitrogen and oxygen atoms in total. The third-order valence-electron chi connectivity index (χ3n) is 4.37. The topological polar surface area (TPSA) is 65.2 Å². The van der Waals surface area contributed by atoms with E-state index in [0.29, 0.717) is 26.2 Å². The molecule has 114 valence electrons. The molecule has 2 aliphatic rings. The van der Waals surface area contributed by atoms with Gasteiger partial charge in [0.2, 0.25) is 0 Å². The monoisotopic (exact) mass is 284 g/mol. The van der Waals surface area contributed by atoms with Gasteiger partial charge in [-0.3, -0.25) is 9.98 Å². The van der Waals surface area contributed by atoms with Crippen LogP contribution in [0, 0.1) is 0 Å². The molecule has 0 amide bonds. The van der Waals surface area contributed by atoms with E-state index in [0.717, 1.165) is 51.9 Å². The first-order valence-corrected chi connectivity index (χ1v) is 7.78. The molecule has 0 aromatic carbocycles. The van der Waals surface area contributed by atoms with Gasteiger partial charge in [-0.2, -0.15) is 9.29 Å². The van der Waals surface area contributed by atoms with Gasteiger partial charge in [-0.05, 0) is 0 Å². The first kappa shape index (κ1) is 15.6. The maximum Gasteiger partial charge on any atom is 0.128 e. The summed E-state index contributed by atoms with van der Waals surface area (Å²) in [6.07, 6.45) is 7.86. The van der Waals surface area contributed by atoms with Crippen molar-refractivity contribution in [3.05, 3.63) is 0 Å². The lowest BCUT2D eigenvalue weighted by Gasteiger charge is -2.23. The molecule has 2 saturated heterocycles. The standard InChI is InChI=1S/C14H28N4O2/c19-17(9-1-2-10-17)13-7-15-5-6-16-8-14-18(20)11-3-4-12-18/h5-6,19-20H,1-4,7-14H2/q+2. The number of quaternary nitrogens is 2. The molecule has 0 bridgehead atoms. The van der Waals surface area contributed by atoms with Crippen molar-refractivity contribution in [1.82, 2.24) is 0 Å². The number of nitrogens with zero attached hydrogens (tertiary/aromatic N) is 4. The third-order valence-corrected chi connectivity index (χ3v) is 4.37. The Labute approximate surface area is 121 Å². The Morgan fingerprint density at radius 1 is 0.700 bits per heavy atom. The molecule has 0 saturated carbocycles. The number of rotatable bonds is 7. The van der Waals surface area contributed by atoms with Crippen LogP contribution in [0.15, 0.2) is 9.98 Å². The van der Waals surface area contributed by atoms with Crippen molar-refractivity contribution in [1.29, 1.82) is 0 Å². The van der Waals surface area contributed by atoms with Gasteiger partial charge in [-0.25, -0.2) is 10.4 Å². The molecule has 0 spiro atoms. The molecule has 2 rings (SSSR count). The average molecular weight is 284 g/mol. The fraction of sp³-hybridized carbons (Fsp3) is 0.857. The molecular formula is C14H28N4O2+2. The second kappa shape index (κ2) is 7.26. The van der Waals surface area contributed by atoms with Gasteiger partial charge >= 0.3 is 0 Å². The Morgan fingerprint density at radius 2 is 1.05 bits per heavy atom. The average Bonchev–Trinajstić information content (AvgIpc) is 3.03. The Kier molecular flexibility index (Phi) is 5.65. The third kappa shape index (κ3) is 4.94. The van der Waals surface area contributed by atoms with E-state index in [9.17, 15) is 10.4 Å². The van der Waals surface area contributed by atoms with Crippen LogP contribution in [-0.2, 0) is 0 Å². The second-order valence-electron chi connectivity index (χ2n) is 6.06. The molecule has 2 N–H and O–H groups in total. The van der Waals surface area contributed by atoms with E-state index in [-0.39, 0.29) is 9.29 Å². The minimum absolute atomic E-state index is 0.180. The zero-order chi connectivity index (χ0) is 14.3. The first-order valence-electron chi connectivity index (χ1n) is 7.78. The Morgan fingerprint density at radius 3 is 1.40 bits per heavy atom. The van der Waals surface area contributed by atoms with E-state index in [1.807, 2.05) is 0 Å². The summed E-state index contributed by atoms with van der Waals surface area (Å²) in [5.74, 6) is 0. The van der Waals surface area contributed by atoms with Crippen molar-refractivity contribution >= 4 is 12.4 Å². The van der Waals surface area contributed by atoms with Crippen LogP contribution in [-0.4, -0.2) is 84.5 Å². The highest BCUT2D eigenvalue weighted by Gasteiger charge is 2.30. The SMILES string of the molecule is O[N+]1(CCN=CC=NCC[N+]2(O)CCCC2)CCCC1. The minimum Gasteiger partial charge on any atom is -0.286 e. The van der Waals surface area contributed by atoms with E-state index >= 15 is 0 Å². The first-order chi connectivity index (χ1) is 9.62. The fourth-order valence-corrected chi connectivity index (χ4v) is 3.03. The molecule has 0 aromatic heterocycles. The van der Waals surface area contributed by atoms with Gasteiger partial charge in [-0.1, -0.05) is 0 Å². The molecule has 0 aromatic rings. The summed E-state index contributed by atoms with van der Waals surface area (Å²) in [5, 5.41) is 20.2. The molecule has 0 unspecified atom stereocenters. The smallest absolute Gasteiger partial charge is 0.128 e. The highest BCUT2D eigenvalue weighted by Crippen LogP contribution is 2.15. The summed E-state index contributed by atoms with van der Waals surface area (Å²) < 4.78 is 0.359. The molecule has 0 aliphatic carbocycles. The van der Waals surface area contributed by atoms with E-state index in [1.165, 1.54) is 0 Å². The predicted octanol–water partition coefficient (Wildman–Crippen LogP) is 1.13. The molecular weight excluding hydrogens is 256 g/mol. The Hall–Kier alpha value is -0.820. The number of aliphatic imine (C=N–C) groups is 2. The van der Waals surface area contributed by atoms with Crippen LogP contribution < -0.4 is 0 Å². The van der Waals surface area contributed by atoms with E-state index < -0.39 is 0 Å². The van der Waals surface area contributed by atoms with Crippen molar-refractivity contribution in [2.75, 3.05) is 52.4 Å². The van der Waals surface area contributed by atoms with Crippen LogP contribution in [0.25, 0.3) is 0 Å². The fourth-order valence-electron chi connectivity index (χ4n) is 3.03. The van der Waals surface area contributed by atoms with Gasteiger partial charge in [0, 0.05) is 38.1 Å². The summed E-state index contributed by atoms with van der Waals surface area (Å²) in [7, 11) is 0. The second-order valence-corrected chi connectivity index (χ2v) is 6.06. The van der Waals surface area contributed by atoms with Crippen molar-refractivity contribution in [3.63, 3.8) is 0 Å². The van der Waals surface area contributed by atoms with Gasteiger partial charge in [-0.15, -0.1) is 0 Å². The minimum atomic E-state index is 0.180. The zero-order valence-electron chi connectivity index (χ0n) is 12.3. The molecule has 2 fully saturated rings. The summed E-state index contributed by atoms with van der Waals surface area (Å²) >= 11 is 0. The van der Waals surface area contributed by atoms with Gasteiger partial charge in [0.25, 0.3) is 0 Å². The highest BCUT2D eigenvalue weighted by atomic mass is 16.5. The summed E-state index contributed by atoms with van der Waals surface area (Å²) in [5.41, 5.74) is 0. The predicted molar refractivity (Wildman–Crippen MR) is 78.5 cm³/mol. The van der Waals surface area contributed by atoms with Gasteiger partial charge < -0.3 is 0 Å². The van der Waals surface area contributed by atoms with Crippen LogP contribution in [0.5, 0.6) is 0 Å². The molecule has 0 atom stereocenters.